The molecule has 4 aromatic rings. The maximum atomic E-state index is 11.5. The number of pyridine rings is 1. The Morgan fingerprint density at radius 2 is 1.72 bits per heavy atom. The number of aromatic nitrogens is 1. The number of benzene rings is 3. The highest BCUT2D eigenvalue weighted by molar-refractivity contribution is 5.97. The number of anilines is 2. The number of hydrogen-bond donors (Lipinski definition) is 3. The lowest BCUT2D eigenvalue weighted by atomic mass is 10.0. The van der Waals surface area contributed by atoms with Crippen LogP contribution >= 0.6 is 0 Å². The number of nitrogens with zero attached hydrogens (tertiary/aromatic N) is 2. The summed E-state index contributed by atoms with van der Waals surface area (Å²) < 4.78 is 0. The fourth-order valence-electron chi connectivity index (χ4n) is 3.59. The van der Waals surface area contributed by atoms with E-state index in [4.69, 9.17) is 0 Å². The molecule has 1 aromatic heterocycles. The van der Waals surface area contributed by atoms with Crippen LogP contribution in [0.15, 0.2) is 79.0 Å². The molecule has 0 saturated carbocycles. The molecule has 0 aliphatic heterocycles. The lowest BCUT2D eigenvalue weighted by molar-refractivity contribution is 0.254. The summed E-state index contributed by atoms with van der Waals surface area (Å²) >= 11 is 0. The van der Waals surface area contributed by atoms with Crippen LogP contribution in [0, 0.1) is 11.3 Å². The summed E-state index contributed by atoms with van der Waals surface area (Å²) in [5.74, 6) is 0. The third kappa shape index (κ3) is 4.37. The van der Waals surface area contributed by atoms with Crippen LogP contribution in [0.5, 0.6) is 0 Å². The SMILES string of the molecule is CNC(=O)Nc1ccc(-c2ccc3ncc(C#N)c(NC(C)c4ccccc4)c3c2)cc1. The van der Waals surface area contributed by atoms with E-state index >= 15 is 0 Å². The van der Waals surface area contributed by atoms with E-state index in [0.717, 1.165) is 33.3 Å². The van der Waals surface area contributed by atoms with Crippen molar-refractivity contribution in [2.75, 3.05) is 17.7 Å². The minimum absolute atomic E-state index is 0.0210. The Hall–Kier alpha value is -4.37. The van der Waals surface area contributed by atoms with E-state index in [0.29, 0.717) is 11.3 Å². The minimum atomic E-state index is -0.262. The van der Waals surface area contributed by atoms with Gasteiger partial charge >= 0.3 is 6.03 Å². The first-order valence-corrected chi connectivity index (χ1v) is 10.3. The molecule has 2 amide bonds. The summed E-state index contributed by atoms with van der Waals surface area (Å²) in [7, 11) is 1.58. The highest BCUT2D eigenvalue weighted by Crippen LogP contribution is 2.33. The molecule has 0 fully saturated rings. The Kier molecular flexibility index (Phi) is 6.00. The predicted octanol–water partition coefficient (Wildman–Crippen LogP) is 5.70. The van der Waals surface area contributed by atoms with Crippen molar-refractivity contribution < 1.29 is 4.79 Å². The molecule has 0 spiro atoms. The Morgan fingerprint density at radius 3 is 2.41 bits per heavy atom. The summed E-state index contributed by atoms with van der Waals surface area (Å²) in [4.78, 5) is 16.0. The molecule has 0 radical (unpaired) electrons. The van der Waals surface area contributed by atoms with Crippen molar-refractivity contribution in [1.29, 1.82) is 5.26 Å². The second-order valence-corrected chi connectivity index (χ2v) is 7.45. The smallest absolute Gasteiger partial charge is 0.318 e. The first kappa shape index (κ1) is 20.9. The highest BCUT2D eigenvalue weighted by Gasteiger charge is 2.14. The van der Waals surface area contributed by atoms with Crippen molar-refractivity contribution in [2.24, 2.45) is 0 Å². The Morgan fingerprint density at radius 1 is 1.00 bits per heavy atom. The van der Waals surface area contributed by atoms with Crippen LogP contribution < -0.4 is 16.0 Å². The van der Waals surface area contributed by atoms with Gasteiger partial charge in [0.1, 0.15) is 6.07 Å². The summed E-state index contributed by atoms with van der Waals surface area (Å²) in [5, 5.41) is 19.4. The average molecular weight is 422 g/mol. The fourth-order valence-corrected chi connectivity index (χ4v) is 3.59. The molecule has 1 heterocycles. The molecule has 0 saturated heterocycles. The maximum absolute atomic E-state index is 11.5. The molecule has 0 aliphatic rings. The average Bonchev–Trinajstić information content (AvgIpc) is 2.84. The second-order valence-electron chi connectivity index (χ2n) is 7.45. The molecule has 1 atom stereocenters. The summed E-state index contributed by atoms with van der Waals surface area (Å²) in [6, 6.07) is 25.8. The van der Waals surface area contributed by atoms with Crippen molar-refractivity contribution in [2.45, 2.75) is 13.0 Å². The van der Waals surface area contributed by atoms with E-state index < -0.39 is 0 Å². The second kappa shape index (κ2) is 9.19. The van der Waals surface area contributed by atoms with Gasteiger partial charge in [0, 0.05) is 30.4 Å². The van der Waals surface area contributed by atoms with Gasteiger partial charge in [0.25, 0.3) is 0 Å². The van der Waals surface area contributed by atoms with Crippen LogP contribution in [0.1, 0.15) is 24.1 Å². The zero-order valence-electron chi connectivity index (χ0n) is 17.9. The molecular formula is C26H23N5O. The van der Waals surface area contributed by atoms with Gasteiger partial charge in [0.15, 0.2) is 0 Å². The monoisotopic (exact) mass is 421 g/mol. The van der Waals surface area contributed by atoms with Gasteiger partial charge in [-0.3, -0.25) is 4.98 Å². The van der Waals surface area contributed by atoms with Crippen LogP contribution in [0.25, 0.3) is 22.0 Å². The predicted molar refractivity (Wildman–Crippen MR) is 128 cm³/mol. The molecule has 32 heavy (non-hydrogen) atoms. The summed E-state index contributed by atoms with van der Waals surface area (Å²) in [6.07, 6.45) is 1.61. The number of urea groups is 1. The molecule has 3 N–H and O–H groups in total. The van der Waals surface area contributed by atoms with E-state index in [-0.39, 0.29) is 12.1 Å². The first-order chi connectivity index (χ1) is 15.6. The minimum Gasteiger partial charge on any atom is -0.377 e. The standard InChI is InChI=1S/C26H23N5O/c1-17(18-6-4-3-5-7-18)30-25-21(15-27)16-29-24-13-10-20(14-23(24)25)19-8-11-22(12-9-19)31-26(32)28-2/h3-14,16-17H,1-2H3,(H,29,30)(H2,28,31,32). The Bertz CT molecular complexity index is 1290. The molecule has 158 valence electrons. The van der Waals surface area contributed by atoms with Crippen LogP contribution in [0.2, 0.25) is 0 Å². The number of hydrogen-bond acceptors (Lipinski definition) is 4. The third-order valence-corrected chi connectivity index (χ3v) is 5.35. The molecule has 6 nitrogen and oxygen atoms in total. The van der Waals surface area contributed by atoms with Crippen molar-refractivity contribution in [3.63, 3.8) is 0 Å². The van der Waals surface area contributed by atoms with Gasteiger partial charge in [-0.25, -0.2) is 4.79 Å². The summed E-state index contributed by atoms with van der Waals surface area (Å²) in [6.45, 7) is 2.07. The van der Waals surface area contributed by atoms with Crippen LogP contribution in [0.4, 0.5) is 16.2 Å². The molecule has 0 bridgehead atoms. The van der Waals surface area contributed by atoms with Crippen molar-refractivity contribution in [3.8, 4) is 17.2 Å². The molecule has 4 rings (SSSR count). The topological polar surface area (TPSA) is 89.8 Å². The first-order valence-electron chi connectivity index (χ1n) is 10.3. The van der Waals surface area contributed by atoms with Gasteiger partial charge in [-0.05, 0) is 47.9 Å². The normalized spacial score (nSPS) is 11.4. The number of nitrogens with one attached hydrogen (secondary N) is 3. The third-order valence-electron chi connectivity index (χ3n) is 5.35. The van der Waals surface area contributed by atoms with Crippen LogP contribution in [0.3, 0.4) is 0 Å². The molecule has 1 unspecified atom stereocenters. The van der Waals surface area contributed by atoms with E-state index in [1.807, 2.05) is 60.7 Å². The number of carbonyl (C=O) groups excluding carboxylic acids is 1. The van der Waals surface area contributed by atoms with Gasteiger partial charge in [-0.2, -0.15) is 5.26 Å². The summed E-state index contributed by atoms with van der Waals surface area (Å²) in [5.41, 5.74) is 5.93. The lowest BCUT2D eigenvalue weighted by Crippen LogP contribution is -2.24. The Labute approximate surface area is 186 Å². The number of fused-ring (bicyclic) bond motifs is 1. The quantitative estimate of drug-likeness (QED) is 0.386. The number of carbonyl (C=O) groups is 1. The van der Waals surface area contributed by atoms with Crippen molar-refractivity contribution in [3.05, 3.63) is 90.1 Å². The van der Waals surface area contributed by atoms with E-state index in [1.54, 1.807) is 13.2 Å². The fraction of sp³-hybridized carbons (Fsp3) is 0.115. The maximum Gasteiger partial charge on any atom is 0.318 e. The molecule has 0 aliphatic carbocycles. The van der Waals surface area contributed by atoms with Gasteiger partial charge in [-0.15, -0.1) is 0 Å². The molecule has 6 heteroatoms. The zero-order valence-corrected chi connectivity index (χ0v) is 17.9. The highest BCUT2D eigenvalue weighted by atomic mass is 16.2. The van der Waals surface area contributed by atoms with E-state index in [1.165, 1.54) is 0 Å². The van der Waals surface area contributed by atoms with E-state index in [2.05, 4.69) is 46.1 Å². The van der Waals surface area contributed by atoms with Gasteiger partial charge in [0.2, 0.25) is 0 Å². The van der Waals surface area contributed by atoms with Gasteiger partial charge in [0.05, 0.1) is 16.8 Å². The van der Waals surface area contributed by atoms with Crippen molar-refractivity contribution in [1.82, 2.24) is 10.3 Å². The van der Waals surface area contributed by atoms with E-state index in [9.17, 15) is 10.1 Å². The van der Waals surface area contributed by atoms with Crippen molar-refractivity contribution >= 4 is 28.3 Å². The number of rotatable bonds is 5. The zero-order chi connectivity index (χ0) is 22.5. The molecule has 3 aromatic carbocycles. The van der Waals surface area contributed by atoms with Crippen LogP contribution in [-0.4, -0.2) is 18.1 Å². The number of nitriles is 1. The molecular weight excluding hydrogens is 398 g/mol. The lowest BCUT2D eigenvalue weighted by Gasteiger charge is -2.19. The van der Waals surface area contributed by atoms with Gasteiger partial charge < -0.3 is 16.0 Å². The van der Waals surface area contributed by atoms with Gasteiger partial charge in [-0.1, -0.05) is 48.5 Å². The Balaban J connectivity index is 1.72. The number of amides is 2. The van der Waals surface area contributed by atoms with Crippen LogP contribution in [-0.2, 0) is 0 Å². The largest absolute Gasteiger partial charge is 0.377 e.